The Morgan fingerprint density at radius 3 is 2.55 bits per heavy atom. The minimum absolute atomic E-state index is 0.0621. The summed E-state index contributed by atoms with van der Waals surface area (Å²) < 4.78 is 0. The molecule has 1 aromatic heterocycles. The summed E-state index contributed by atoms with van der Waals surface area (Å²) in [6, 6.07) is 0.259. The van der Waals surface area contributed by atoms with Crippen LogP contribution >= 0.6 is 0 Å². The van der Waals surface area contributed by atoms with E-state index in [1.807, 2.05) is 6.92 Å². The van der Waals surface area contributed by atoms with Gasteiger partial charge >= 0.3 is 5.69 Å². The molecule has 0 radical (unpaired) electrons. The number of hydrogen-bond donors (Lipinski definition) is 2. The molecule has 110 valence electrons. The first-order valence-corrected chi connectivity index (χ1v) is 7.11. The fourth-order valence-electron chi connectivity index (χ4n) is 2.55. The van der Waals surface area contributed by atoms with Gasteiger partial charge in [0, 0.05) is 12.6 Å². The maximum Gasteiger partial charge on any atom is 0.353 e. The van der Waals surface area contributed by atoms with Gasteiger partial charge < -0.3 is 10.6 Å². The van der Waals surface area contributed by atoms with Crippen LogP contribution < -0.4 is 10.6 Å². The fourth-order valence-corrected chi connectivity index (χ4v) is 2.55. The topological polar surface area (TPSA) is 93.0 Å². The molecule has 1 fully saturated rings. The van der Waals surface area contributed by atoms with E-state index in [0.717, 1.165) is 31.6 Å². The van der Waals surface area contributed by atoms with Crippen molar-refractivity contribution in [3.05, 3.63) is 16.4 Å². The van der Waals surface area contributed by atoms with Crippen LogP contribution in [0.25, 0.3) is 0 Å². The van der Waals surface area contributed by atoms with Gasteiger partial charge in [-0.2, -0.15) is 0 Å². The normalized spacial score (nSPS) is 22.3. The first-order chi connectivity index (χ1) is 9.61. The molecule has 20 heavy (non-hydrogen) atoms. The van der Waals surface area contributed by atoms with Crippen LogP contribution in [0.3, 0.4) is 0 Å². The van der Waals surface area contributed by atoms with Crippen LogP contribution in [0.5, 0.6) is 0 Å². The Morgan fingerprint density at radius 1 is 1.30 bits per heavy atom. The van der Waals surface area contributed by atoms with E-state index in [0.29, 0.717) is 12.4 Å². The number of nitrogens with zero attached hydrogens (tertiary/aromatic N) is 3. The van der Waals surface area contributed by atoms with Crippen molar-refractivity contribution in [2.24, 2.45) is 5.92 Å². The molecule has 0 spiro atoms. The summed E-state index contributed by atoms with van der Waals surface area (Å²) >= 11 is 0. The zero-order chi connectivity index (χ0) is 14.5. The van der Waals surface area contributed by atoms with Gasteiger partial charge in [0.2, 0.25) is 11.6 Å². The van der Waals surface area contributed by atoms with Gasteiger partial charge in [0.25, 0.3) is 0 Å². The summed E-state index contributed by atoms with van der Waals surface area (Å²) in [6.07, 6.45) is 5.71. The van der Waals surface area contributed by atoms with Crippen molar-refractivity contribution in [2.45, 2.75) is 45.6 Å². The van der Waals surface area contributed by atoms with E-state index >= 15 is 0 Å². The van der Waals surface area contributed by atoms with Gasteiger partial charge in [0.15, 0.2) is 0 Å². The molecule has 1 aromatic rings. The van der Waals surface area contributed by atoms with Crippen LogP contribution in [0.15, 0.2) is 6.33 Å². The third-order valence-corrected chi connectivity index (χ3v) is 3.71. The summed E-state index contributed by atoms with van der Waals surface area (Å²) in [5.74, 6) is 1.34. The molecule has 2 rings (SSSR count). The van der Waals surface area contributed by atoms with Crippen molar-refractivity contribution in [1.82, 2.24) is 9.97 Å². The lowest BCUT2D eigenvalue weighted by Crippen LogP contribution is -2.26. The molecule has 7 nitrogen and oxygen atoms in total. The molecule has 0 aromatic carbocycles. The number of hydrogen-bond acceptors (Lipinski definition) is 6. The molecule has 0 atom stereocenters. The Hall–Kier alpha value is -1.92. The van der Waals surface area contributed by atoms with Crippen LogP contribution in [-0.2, 0) is 0 Å². The average Bonchev–Trinajstić information content (AvgIpc) is 2.41. The lowest BCUT2D eigenvalue weighted by atomic mass is 9.87. The van der Waals surface area contributed by atoms with Crippen molar-refractivity contribution in [2.75, 3.05) is 17.2 Å². The van der Waals surface area contributed by atoms with E-state index in [1.165, 1.54) is 6.33 Å². The van der Waals surface area contributed by atoms with E-state index < -0.39 is 4.92 Å². The van der Waals surface area contributed by atoms with Crippen molar-refractivity contribution >= 4 is 17.3 Å². The molecule has 0 bridgehead atoms. The molecule has 0 unspecified atom stereocenters. The Balaban J connectivity index is 2.18. The van der Waals surface area contributed by atoms with Gasteiger partial charge in [-0.25, -0.2) is 9.97 Å². The second kappa shape index (κ2) is 6.49. The number of nitrogens with one attached hydrogen (secondary N) is 2. The van der Waals surface area contributed by atoms with Crippen LogP contribution in [-0.4, -0.2) is 27.5 Å². The van der Waals surface area contributed by atoms with Gasteiger partial charge in [0.1, 0.15) is 6.33 Å². The van der Waals surface area contributed by atoms with Gasteiger partial charge in [0.05, 0.1) is 4.92 Å². The minimum atomic E-state index is -0.425. The summed E-state index contributed by atoms with van der Waals surface area (Å²) in [5.41, 5.74) is -0.0621. The van der Waals surface area contributed by atoms with Gasteiger partial charge in [-0.05, 0) is 38.5 Å². The molecule has 0 aliphatic heterocycles. The second-order valence-electron chi connectivity index (χ2n) is 5.31. The number of rotatable bonds is 5. The number of aromatic nitrogens is 2. The fraction of sp³-hybridized carbons (Fsp3) is 0.692. The van der Waals surface area contributed by atoms with Crippen molar-refractivity contribution in [3.8, 4) is 0 Å². The predicted octanol–water partition coefficient (Wildman–Crippen LogP) is 2.81. The summed E-state index contributed by atoms with van der Waals surface area (Å²) in [5, 5.41) is 17.4. The van der Waals surface area contributed by atoms with Crippen LogP contribution in [0.4, 0.5) is 17.3 Å². The standard InChI is InChI=1S/C13H21N5O2/c1-3-14-12-11(18(19)20)13(16-8-15-12)17-10-6-4-9(2)5-7-10/h8-10H,3-7H2,1-2H3,(H2,14,15,16,17). The number of nitro groups is 1. The van der Waals surface area contributed by atoms with E-state index in [2.05, 4.69) is 27.5 Å². The SMILES string of the molecule is CCNc1ncnc(NC2CCC(C)CC2)c1[N+](=O)[O-]. The Labute approximate surface area is 118 Å². The highest BCUT2D eigenvalue weighted by atomic mass is 16.6. The highest BCUT2D eigenvalue weighted by molar-refractivity contribution is 5.69. The summed E-state index contributed by atoms with van der Waals surface area (Å²) in [6.45, 7) is 4.70. The summed E-state index contributed by atoms with van der Waals surface area (Å²) in [7, 11) is 0. The van der Waals surface area contributed by atoms with Crippen LogP contribution in [0.1, 0.15) is 39.5 Å². The smallest absolute Gasteiger partial charge is 0.353 e. The monoisotopic (exact) mass is 279 g/mol. The number of anilines is 2. The summed E-state index contributed by atoms with van der Waals surface area (Å²) in [4.78, 5) is 18.8. The van der Waals surface area contributed by atoms with E-state index in [9.17, 15) is 10.1 Å². The second-order valence-corrected chi connectivity index (χ2v) is 5.31. The maximum atomic E-state index is 11.3. The first kappa shape index (κ1) is 14.5. The third-order valence-electron chi connectivity index (χ3n) is 3.71. The molecule has 1 aliphatic carbocycles. The zero-order valence-corrected chi connectivity index (χ0v) is 11.9. The Bertz CT molecular complexity index is 472. The van der Waals surface area contributed by atoms with E-state index in [4.69, 9.17) is 0 Å². The molecular formula is C13H21N5O2. The van der Waals surface area contributed by atoms with E-state index in [-0.39, 0.29) is 17.5 Å². The van der Waals surface area contributed by atoms with Gasteiger partial charge in [-0.15, -0.1) is 0 Å². The van der Waals surface area contributed by atoms with Crippen LogP contribution in [0.2, 0.25) is 0 Å². The molecule has 1 saturated carbocycles. The lowest BCUT2D eigenvalue weighted by molar-refractivity contribution is -0.383. The zero-order valence-electron chi connectivity index (χ0n) is 11.9. The van der Waals surface area contributed by atoms with Crippen molar-refractivity contribution < 1.29 is 4.92 Å². The van der Waals surface area contributed by atoms with Crippen molar-refractivity contribution in [1.29, 1.82) is 0 Å². The molecule has 1 heterocycles. The molecule has 1 aliphatic rings. The molecule has 0 amide bonds. The average molecular weight is 279 g/mol. The van der Waals surface area contributed by atoms with E-state index in [1.54, 1.807) is 0 Å². The lowest BCUT2D eigenvalue weighted by Gasteiger charge is -2.27. The van der Waals surface area contributed by atoms with Crippen LogP contribution in [0, 0.1) is 16.0 Å². The highest BCUT2D eigenvalue weighted by Gasteiger charge is 2.26. The largest absolute Gasteiger partial charge is 0.364 e. The molecule has 7 heteroatoms. The molecule has 2 N–H and O–H groups in total. The Kier molecular flexibility index (Phi) is 4.70. The van der Waals surface area contributed by atoms with Crippen molar-refractivity contribution in [3.63, 3.8) is 0 Å². The van der Waals surface area contributed by atoms with Gasteiger partial charge in [-0.1, -0.05) is 6.92 Å². The van der Waals surface area contributed by atoms with Gasteiger partial charge in [-0.3, -0.25) is 10.1 Å². The first-order valence-electron chi connectivity index (χ1n) is 7.11. The maximum absolute atomic E-state index is 11.3. The predicted molar refractivity (Wildman–Crippen MR) is 77.9 cm³/mol. The highest BCUT2D eigenvalue weighted by Crippen LogP contribution is 2.32. The quantitative estimate of drug-likeness (QED) is 0.636. The molecular weight excluding hydrogens is 258 g/mol. The third kappa shape index (κ3) is 3.34. The minimum Gasteiger partial charge on any atom is -0.364 e. The molecule has 0 saturated heterocycles. The Morgan fingerprint density at radius 2 is 1.95 bits per heavy atom.